The molecule has 0 spiro atoms. The molecule has 9 heteroatoms. The largest absolute Gasteiger partial charge is 3.00 e. The van der Waals surface area contributed by atoms with E-state index in [2.05, 4.69) is 0 Å². The van der Waals surface area contributed by atoms with Crippen molar-refractivity contribution in [3.63, 3.8) is 0 Å². The molecular formula is AlO8-13. The van der Waals surface area contributed by atoms with Gasteiger partial charge in [-0.3, -0.25) is 0 Å². The van der Waals surface area contributed by atoms with Crippen LogP contribution in [0.4, 0.5) is 0 Å². The summed E-state index contributed by atoms with van der Waals surface area (Å²) in [5, 5.41) is 0. The summed E-state index contributed by atoms with van der Waals surface area (Å²) in [7, 11) is 0. The van der Waals surface area contributed by atoms with Gasteiger partial charge in [0.05, 0.1) is 0 Å². The van der Waals surface area contributed by atoms with Gasteiger partial charge in [-0.15, -0.1) is 0 Å². The second-order valence-corrected chi connectivity index (χ2v) is 0. The number of hydrogen-bond acceptors (Lipinski definition) is 0. The minimum Gasteiger partial charge on any atom is -2.00 e. The van der Waals surface area contributed by atoms with Gasteiger partial charge in [0.15, 0.2) is 0 Å². The van der Waals surface area contributed by atoms with Crippen LogP contribution >= 0.6 is 0 Å². The van der Waals surface area contributed by atoms with E-state index < -0.39 is 0 Å². The van der Waals surface area contributed by atoms with E-state index in [1.165, 1.54) is 0 Å². The average molecular weight is 155 g/mol. The molecule has 0 heterocycles. The van der Waals surface area contributed by atoms with Crippen LogP contribution < -0.4 is 0 Å². The van der Waals surface area contributed by atoms with Gasteiger partial charge >= 0.3 is 17.4 Å². The molecule has 0 radical (unpaired) electrons. The molecule has 0 fully saturated rings. The van der Waals surface area contributed by atoms with E-state index in [9.17, 15) is 0 Å². The molecule has 0 aromatic rings. The summed E-state index contributed by atoms with van der Waals surface area (Å²) >= 11 is 0. The Morgan fingerprint density at radius 2 is 0.222 bits per heavy atom. The SMILES string of the molecule is [Al+3].[O-2].[O-2].[O-2].[O-2].[O-2].[O-2].[O-2].[O-2]. The monoisotopic (exact) mass is 155 g/mol. The van der Waals surface area contributed by atoms with Gasteiger partial charge < -0.3 is 43.8 Å². The third kappa shape index (κ3) is 7020. The molecule has 0 N–H and O–H groups in total. The molecule has 0 aliphatic carbocycles. The van der Waals surface area contributed by atoms with Crippen LogP contribution in [0.1, 0.15) is 0 Å². The van der Waals surface area contributed by atoms with Gasteiger partial charge in [0, 0.05) is 0 Å². The number of rotatable bonds is 0. The molecule has 0 atom stereocenters. The molecular weight excluding hydrogens is 155 g/mol. The van der Waals surface area contributed by atoms with Crippen LogP contribution in [0.25, 0.3) is 0 Å². The molecule has 0 saturated heterocycles. The zero-order valence-electron chi connectivity index (χ0n) is 3.84. The summed E-state index contributed by atoms with van der Waals surface area (Å²) in [6.45, 7) is 0. The van der Waals surface area contributed by atoms with Gasteiger partial charge in [0.1, 0.15) is 0 Å². The topological polar surface area (TPSA) is 228 Å². The summed E-state index contributed by atoms with van der Waals surface area (Å²) in [6.07, 6.45) is 0. The van der Waals surface area contributed by atoms with E-state index in [4.69, 9.17) is 0 Å². The predicted octanol–water partition coefficient (Wildman–Crippen LogP) is -1.33. The first-order chi connectivity index (χ1) is 0. The van der Waals surface area contributed by atoms with Gasteiger partial charge in [-0.1, -0.05) is 0 Å². The molecule has 0 aromatic carbocycles. The van der Waals surface area contributed by atoms with Crippen LogP contribution in [0.2, 0.25) is 0 Å². The van der Waals surface area contributed by atoms with Gasteiger partial charge in [-0.25, -0.2) is 0 Å². The molecule has 0 aromatic heterocycles. The van der Waals surface area contributed by atoms with Crippen LogP contribution in [-0.2, 0) is 43.8 Å². The first-order valence-corrected chi connectivity index (χ1v) is 0. The maximum Gasteiger partial charge on any atom is 3.00 e. The zero-order valence-corrected chi connectivity index (χ0v) is 5.00. The first kappa shape index (κ1) is 13800. The summed E-state index contributed by atoms with van der Waals surface area (Å²) in [5.41, 5.74) is 0. The fraction of sp³-hybridized carbons (Fsp3) is 0. The van der Waals surface area contributed by atoms with Crippen molar-refractivity contribution in [2.75, 3.05) is 0 Å². The zero-order chi connectivity index (χ0) is 0. The Kier molecular flexibility index (Phi) is 14500000. The molecule has 0 amide bonds. The van der Waals surface area contributed by atoms with E-state index in [1.54, 1.807) is 0 Å². The molecule has 0 aliphatic rings. The van der Waals surface area contributed by atoms with Gasteiger partial charge in [0.2, 0.25) is 0 Å². The average Bonchev–Trinajstić information content (AvgIpc) is 0. The van der Waals surface area contributed by atoms with Crippen molar-refractivity contribution in [2.24, 2.45) is 0 Å². The van der Waals surface area contributed by atoms with Crippen LogP contribution in [0.15, 0.2) is 0 Å². The molecule has 0 aliphatic heterocycles. The van der Waals surface area contributed by atoms with Crippen molar-refractivity contribution in [2.45, 2.75) is 0 Å². The normalized spacial score (nSPS) is 0. The first-order valence-electron chi connectivity index (χ1n) is 0. The van der Waals surface area contributed by atoms with E-state index >= 15 is 0 Å². The second kappa shape index (κ2) is 9460. The van der Waals surface area contributed by atoms with Gasteiger partial charge in [-0.2, -0.15) is 0 Å². The van der Waals surface area contributed by atoms with Crippen molar-refractivity contribution in [1.29, 1.82) is 0 Å². The minimum atomic E-state index is 0. The fourth-order valence-electron chi connectivity index (χ4n) is 0. The summed E-state index contributed by atoms with van der Waals surface area (Å²) in [6, 6.07) is 0. The molecule has 0 bridgehead atoms. The molecule has 0 rings (SSSR count). The second-order valence-electron chi connectivity index (χ2n) is 0. The van der Waals surface area contributed by atoms with Crippen molar-refractivity contribution in [3.8, 4) is 0 Å². The molecule has 0 saturated carbocycles. The van der Waals surface area contributed by atoms with Crippen molar-refractivity contribution < 1.29 is 43.8 Å². The van der Waals surface area contributed by atoms with Crippen LogP contribution in [0, 0.1) is 0 Å². The molecule has 64 valence electrons. The Bertz CT molecular complexity index is 4.53. The maximum absolute atomic E-state index is 0. The Balaban J connectivity index is 0. The Morgan fingerprint density at radius 1 is 0.222 bits per heavy atom. The van der Waals surface area contributed by atoms with E-state index in [0.29, 0.717) is 0 Å². The molecule has 8 nitrogen and oxygen atoms in total. The van der Waals surface area contributed by atoms with Gasteiger partial charge in [0.25, 0.3) is 0 Å². The Hall–Kier alpha value is 0.212. The molecule has 9 heavy (non-hydrogen) atoms. The van der Waals surface area contributed by atoms with Gasteiger partial charge in [-0.05, 0) is 0 Å². The minimum absolute atomic E-state index is 0. The Labute approximate surface area is 62.1 Å². The summed E-state index contributed by atoms with van der Waals surface area (Å²) in [4.78, 5) is 0. The number of hydrogen-bond donors (Lipinski definition) is 0. The summed E-state index contributed by atoms with van der Waals surface area (Å²) < 4.78 is 0. The van der Waals surface area contributed by atoms with E-state index in [-0.39, 0.29) is 61.2 Å². The fourth-order valence-corrected chi connectivity index (χ4v) is 0. The van der Waals surface area contributed by atoms with Crippen molar-refractivity contribution in [1.82, 2.24) is 0 Å². The standard InChI is InChI=1S/Al.8O/q+3;8*-2. The van der Waals surface area contributed by atoms with Crippen LogP contribution in [0.3, 0.4) is 0 Å². The Morgan fingerprint density at radius 3 is 0.222 bits per heavy atom. The molecule has 0 unspecified atom stereocenters. The summed E-state index contributed by atoms with van der Waals surface area (Å²) in [5.74, 6) is 0. The van der Waals surface area contributed by atoms with Crippen LogP contribution in [0.5, 0.6) is 0 Å². The van der Waals surface area contributed by atoms with E-state index in [1.807, 2.05) is 0 Å². The van der Waals surface area contributed by atoms with Crippen molar-refractivity contribution >= 4 is 17.4 Å². The van der Waals surface area contributed by atoms with E-state index in [0.717, 1.165) is 0 Å². The quantitative estimate of drug-likeness (QED) is 0.369. The smallest absolute Gasteiger partial charge is 2.00 e. The third-order valence-electron chi connectivity index (χ3n) is 0. The predicted molar refractivity (Wildman–Crippen MR) is 11.2 cm³/mol. The maximum atomic E-state index is 0. The third-order valence-corrected chi connectivity index (χ3v) is 0. The van der Waals surface area contributed by atoms with Crippen LogP contribution in [-0.4, -0.2) is 17.4 Å². The van der Waals surface area contributed by atoms with Crippen molar-refractivity contribution in [3.05, 3.63) is 0 Å².